The number of anilines is 1. The van der Waals surface area contributed by atoms with Gasteiger partial charge in [0.2, 0.25) is 5.91 Å². The molecule has 0 unspecified atom stereocenters. The number of nitrogens with zero attached hydrogens (tertiary/aromatic N) is 1. The van der Waals surface area contributed by atoms with E-state index in [0.29, 0.717) is 5.56 Å². The van der Waals surface area contributed by atoms with Gasteiger partial charge in [-0.15, -0.1) is 0 Å². The first kappa shape index (κ1) is 18.2. The molecule has 0 radical (unpaired) electrons. The van der Waals surface area contributed by atoms with Gasteiger partial charge in [-0.25, -0.2) is 0 Å². The number of aliphatic hydroxyl groups is 1. The van der Waals surface area contributed by atoms with Crippen molar-refractivity contribution in [1.29, 1.82) is 0 Å². The summed E-state index contributed by atoms with van der Waals surface area (Å²) in [6, 6.07) is 12.0. The van der Waals surface area contributed by atoms with E-state index in [1.165, 1.54) is 12.1 Å². The number of benzene rings is 2. The Bertz CT molecular complexity index is 777. The molecule has 0 heterocycles. The molecule has 0 aliphatic rings. The molecule has 3 N–H and O–H groups in total. The van der Waals surface area contributed by atoms with E-state index < -0.39 is 16.6 Å². The maximum atomic E-state index is 12.7. The van der Waals surface area contributed by atoms with Gasteiger partial charge in [0.05, 0.1) is 29.3 Å². The van der Waals surface area contributed by atoms with Crippen LogP contribution in [0.25, 0.3) is 0 Å². The van der Waals surface area contributed by atoms with Crippen molar-refractivity contribution in [3.63, 3.8) is 0 Å². The molecule has 0 spiro atoms. The number of nitro groups is 1. The van der Waals surface area contributed by atoms with Gasteiger partial charge in [-0.1, -0.05) is 30.3 Å². The normalized spacial score (nSPS) is 10.3. The molecule has 0 aliphatic carbocycles. The van der Waals surface area contributed by atoms with Crippen LogP contribution in [-0.2, 0) is 4.79 Å². The number of carbonyl (C=O) groups excluding carboxylic acids is 2. The number of rotatable bonds is 8. The summed E-state index contributed by atoms with van der Waals surface area (Å²) in [5, 5.41) is 25.0. The Morgan fingerprint density at radius 1 is 1.12 bits per heavy atom. The van der Waals surface area contributed by atoms with Crippen LogP contribution in [0.2, 0.25) is 0 Å². The Morgan fingerprint density at radius 3 is 2.48 bits per heavy atom. The first-order chi connectivity index (χ1) is 12.0. The second-order valence-electron chi connectivity index (χ2n) is 5.13. The number of carbonyl (C=O) groups is 2. The van der Waals surface area contributed by atoms with Crippen molar-refractivity contribution in [3.05, 3.63) is 69.8 Å². The zero-order chi connectivity index (χ0) is 18.2. The van der Waals surface area contributed by atoms with Crippen molar-refractivity contribution in [2.45, 2.75) is 0 Å². The predicted molar refractivity (Wildman–Crippen MR) is 91.6 cm³/mol. The van der Waals surface area contributed by atoms with Crippen molar-refractivity contribution in [2.24, 2.45) is 0 Å². The van der Waals surface area contributed by atoms with Crippen molar-refractivity contribution >= 4 is 23.1 Å². The number of non-ortho nitro benzene ring substituents is 1. The fourth-order valence-corrected chi connectivity index (χ4v) is 2.16. The molecular formula is C17H17N3O5. The van der Waals surface area contributed by atoms with E-state index in [-0.39, 0.29) is 36.6 Å². The predicted octanol–water partition coefficient (Wildman–Crippen LogP) is 1.35. The van der Waals surface area contributed by atoms with Crippen molar-refractivity contribution in [3.8, 4) is 0 Å². The lowest BCUT2D eigenvalue weighted by atomic mass is 10.0. The zero-order valence-electron chi connectivity index (χ0n) is 13.3. The molecule has 130 valence electrons. The molecule has 1 amide bonds. The quantitative estimate of drug-likeness (QED) is 0.288. The first-order valence-corrected chi connectivity index (χ1v) is 7.52. The van der Waals surface area contributed by atoms with Crippen molar-refractivity contribution in [2.75, 3.05) is 25.0 Å². The molecule has 25 heavy (non-hydrogen) atoms. The van der Waals surface area contributed by atoms with Gasteiger partial charge in [-0.3, -0.25) is 19.7 Å². The van der Waals surface area contributed by atoms with Gasteiger partial charge in [0, 0.05) is 24.2 Å². The number of hydrogen-bond donors (Lipinski definition) is 3. The van der Waals surface area contributed by atoms with Gasteiger partial charge in [0.1, 0.15) is 0 Å². The fourth-order valence-electron chi connectivity index (χ4n) is 2.16. The molecular weight excluding hydrogens is 326 g/mol. The Morgan fingerprint density at radius 2 is 1.84 bits per heavy atom. The summed E-state index contributed by atoms with van der Waals surface area (Å²) < 4.78 is 0. The summed E-state index contributed by atoms with van der Waals surface area (Å²) >= 11 is 0. The van der Waals surface area contributed by atoms with Crippen LogP contribution >= 0.6 is 0 Å². The highest BCUT2D eigenvalue weighted by atomic mass is 16.6. The molecule has 8 heteroatoms. The van der Waals surface area contributed by atoms with E-state index in [0.717, 1.165) is 6.07 Å². The number of nitro benzene ring substituents is 1. The third kappa shape index (κ3) is 4.93. The third-order valence-corrected chi connectivity index (χ3v) is 3.34. The van der Waals surface area contributed by atoms with Gasteiger partial charge < -0.3 is 15.7 Å². The van der Waals surface area contributed by atoms with E-state index >= 15 is 0 Å². The van der Waals surface area contributed by atoms with Crippen LogP contribution in [0, 0.1) is 10.1 Å². The van der Waals surface area contributed by atoms with Crippen LogP contribution in [0.3, 0.4) is 0 Å². The average Bonchev–Trinajstić information content (AvgIpc) is 2.62. The number of aliphatic hydroxyl groups excluding tert-OH is 1. The minimum absolute atomic E-state index is 0.0379. The molecule has 0 saturated heterocycles. The van der Waals surface area contributed by atoms with Crippen LogP contribution in [-0.4, -0.2) is 41.4 Å². The number of hydrogen-bond acceptors (Lipinski definition) is 6. The molecule has 0 aliphatic heterocycles. The Hall–Kier alpha value is -3.10. The van der Waals surface area contributed by atoms with Gasteiger partial charge in [0.25, 0.3) is 5.69 Å². The largest absolute Gasteiger partial charge is 0.395 e. The van der Waals surface area contributed by atoms with Gasteiger partial charge in [-0.05, 0) is 6.07 Å². The van der Waals surface area contributed by atoms with Crippen molar-refractivity contribution < 1.29 is 19.6 Å². The molecule has 0 bridgehead atoms. The van der Waals surface area contributed by atoms with E-state index in [2.05, 4.69) is 10.6 Å². The Labute approximate surface area is 143 Å². The molecule has 2 aromatic rings. The maximum Gasteiger partial charge on any atom is 0.270 e. The summed E-state index contributed by atoms with van der Waals surface area (Å²) in [5.74, 6) is -0.854. The smallest absolute Gasteiger partial charge is 0.270 e. The van der Waals surface area contributed by atoms with E-state index in [4.69, 9.17) is 5.11 Å². The minimum atomic E-state index is -0.601. The summed E-state index contributed by atoms with van der Waals surface area (Å²) in [6.45, 7) is 0.0859. The number of amides is 1. The Balaban J connectivity index is 2.31. The maximum absolute atomic E-state index is 12.7. The van der Waals surface area contributed by atoms with Crippen LogP contribution in [0.15, 0.2) is 48.5 Å². The number of ketones is 1. The highest BCUT2D eigenvalue weighted by Gasteiger charge is 2.19. The van der Waals surface area contributed by atoms with Gasteiger partial charge in [0.15, 0.2) is 5.78 Å². The fraction of sp³-hybridized carbons (Fsp3) is 0.176. The first-order valence-electron chi connectivity index (χ1n) is 7.52. The summed E-state index contributed by atoms with van der Waals surface area (Å²) in [6.07, 6.45) is 0. The monoisotopic (exact) mass is 343 g/mol. The van der Waals surface area contributed by atoms with Gasteiger partial charge >= 0.3 is 0 Å². The van der Waals surface area contributed by atoms with E-state index in [1.54, 1.807) is 30.3 Å². The molecule has 8 nitrogen and oxygen atoms in total. The lowest BCUT2D eigenvalue weighted by Crippen LogP contribution is -2.30. The lowest BCUT2D eigenvalue weighted by Gasteiger charge is -2.11. The SMILES string of the molecule is O=C(CNCCO)Nc1ccc([N+](=O)[O-])cc1C(=O)c1ccccc1. The van der Waals surface area contributed by atoms with Crippen LogP contribution in [0.5, 0.6) is 0 Å². The van der Waals surface area contributed by atoms with Crippen molar-refractivity contribution in [1.82, 2.24) is 5.32 Å². The van der Waals surface area contributed by atoms with E-state index in [1.807, 2.05) is 0 Å². The summed E-state index contributed by atoms with van der Waals surface area (Å²) in [4.78, 5) is 35.0. The highest BCUT2D eigenvalue weighted by molar-refractivity contribution is 6.14. The second kappa shape index (κ2) is 8.67. The van der Waals surface area contributed by atoms with Crippen LogP contribution in [0.4, 0.5) is 11.4 Å². The molecule has 0 aromatic heterocycles. The standard InChI is InChI=1S/C17H17N3O5/c21-9-8-18-11-16(22)19-15-7-6-13(20(24)25)10-14(15)17(23)12-4-2-1-3-5-12/h1-7,10,18,21H,8-9,11H2,(H,19,22). The molecule has 2 aromatic carbocycles. The number of nitrogens with one attached hydrogen (secondary N) is 2. The average molecular weight is 343 g/mol. The zero-order valence-corrected chi connectivity index (χ0v) is 13.3. The third-order valence-electron chi connectivity index (χ3n) is 3.34. The Kier molecular flexibility index (Phi) is 6.33. The van der Waals surface area contributed by atoms with Crippen LogP contribution < -0.4 is 10.6 Å². The molecule has 2 rings (SSSR count). The highest BCUT2D eigenvalue weighted by Crippen LogP contribution is 2.25. The molecule has 0 saturated carbocycles. The second-order valence-corrected chi connectivity index (χ2v) is 5.13. The molecule has 0 fully saturated rings. The minimum Gasteiger partial charge on any atom is -0.395 e. The topological polar surface area (TPSA) is 122 Å². The lowest BCUT2D eigenvalue weighted by molar-refractivity contribution is -0.384. The van der Waals surface area contributed by atoms with E-state index in [9.17, 15) is 19.7 Å². The summed E-state index contributed by atoms with van der Waals surface area (Å²) in [5.41, 5.74) is 0.346. The summed E-state index contributed by atoms with van der Waals surface area (Å²) in [7, 11) is 0. The van der Waals surface area contributed by atoms with Crippen LogP contribution in [0.1, 0.15) is 15.9 Å². The van der Waals surface area contributed by atoms with Gasteiger partial charge in [-0.2, -0.15) is 0 Å². The molecule has 0 atom stereocenters.